The van der Waals surface area contributed by atoms with E-state index in [4.69, 9.17) is 14.2 Å². The molecule has 7 heteroatoms. The Balaban J connectivity index is 2.29. The lowest BCUT2D eigenvalue weighted by molar-refractivity contribution is -0.139. The number of hydrogen-bond acceptors (Lipinski definition) is 5. The third kappa shape index (κ3) is 4.93. The number of allylic oxidation sites excluding steroid dienone is 1. The molecule has 1 aromatic carbocycles. The van der Waals surface area contributed by atoms with Gasteiger partial charge in [-0.25, -0.2) is 9.59 Å². The Labute approximate surface area is 160 Å². The van der Waals surface area contributed by atoms with E-state index in [1.165, 1.54) is 14.2 Å². The van der Waals surface area contributed by atoms with Crippen LogP contribution in [-0.2, 0) is 9.53 Å². The van der Waals surface area contributed by atoms with Gasteiger partial charge >= 0.3 is 12.0 Å². The number of amides is 2. The fraction of sp³-hybridized carbons (Fsp3) is 0.500. The average Bonchev–Trinajstić information content (AvgIpc) is 2.66. The lowest BCUT2D eigenvalue weighted by atomic mass is 9.94. The van der Waals surface area contributed by atoms with Crippen LogP contribution >= 0.6 is 0 Å². The molecule has 0 aliphatic carbocycles. The molecule has 0 radical (unpaired) electrons. The van der Waals surface area contributed by atoms with Crippen LogP contribution in [0.5, 0.6) is 11.5 Å². The second kappa shape index (κ2) is 9.85. The van der Waals surface area contributed by atoms with Crippen molar-refractivity contribution < 1.29 is 23.8 Å². The number of ether oxygens (including phenoxy) is 3. The second-order valence-electron chi connectivity index (χ2n) is 6.35. The first-order valence-electron chi connectivity index (χ1n) is 9.19. The van der Waals surface area contributed by atoms with Crippen LogP contribution in [0, 0.1) is 0 Å². The van der Waals surface area contributed by atoms with Crippen molar-refractivity contribution in [2.45, 2.75) is 45.6 Å². The van der Waals surface area contributed by atoms with E-state index in [1.807, 2.05) is 0 Å². The van der Waals surface area contributed by atoms with Crippen LogP contribution in [0.2, 0.25) is 0 Å². The highest BCUT2D eigenvalue weighted by Gasteiger charge is 2.34. The lowest BCUT2D eigenvalue weighted by Crippen LogP contribution is -2.45. The number of methoxy groups -OCH3 is 2. The molecule has 27 heavy (non-hydrogen) atoms. The minimum Gasteiger partial charge on any atom is -0.493 e. The van der Waals surface area contributed by atoms with Gasteiger partial charge in [0.2, 0.25) is 0 Å². The van der Waals surface area contributed by atoms with Crippen LogP contribution in [0.1, 0.15) is 51.1 Å². The number of para-hydroxylation sites is 1. The van der Waals surface area contributed by atoms with Gasteiger partial charge in [-0.2, -0.15) is 0 Å². The number of rotatable bonds is 9. The molecule has 0 saturated heterocycles. The average molecular weight is 376 g/mol. The first kappa shape index (κ1) is 20.6. The first-order chi connectivity index (χ1) is 13.0. The summed E-state index contributed by atoms with van der Waals surface area (Å²) in [6.45, 7) is 4.17. The number of urea groups is 1. The molecule has 1 atom stereocenters. The molecule has 0 bridgehead atoms. The predicted octanol–water partition coefficient (Wildman–Crippen LogP) is 3.46. The Morgan fingerprint density at radius 2 is 1.93 bits per heavy atom. The summed E-state index contributed by atoms with van der Waals surface area (Å²) in [6.07, 6.45) is 4.06. The van der Waals surface area contributed by atoms with Crippen molar-refractivity contribution in [3.05, 3.63) is 35.0 Å². The van der Waals surface area contributed by atoms with Gasteiger partial charge < -0.3 is 24.8 Å². The number of benzene rings is 1. The molecule has 7 nitrogen and oxygen atoms in total. The van der Waals surface area contributed by atoms with E-state index >= 15 is 0 Å². The highest BCUT2D eigenvalue weighted by molar-refractivity contribution is 5.95. The van der Waals surface area contributed by atoms with E-state index in [9.17, 15) is 9.59 Å². The number of unbranched alkanes of at least 4 members (excludes halogenated alkanes) is 3. The van der Waals surface area contributed by atoms with Crippen LogP contribution in [0.15, 0.2) is 29.5 Å². The highest BCUT2D eigenvalue weighted by Crippen LogP contribution is 2.39. The number of carbonyl (C=O) groups is 2. The van der Waals surface area contributed by atoms with E-state index in [-0.39, 0.29) is 6.03 Å². The Bertz CT molecular complexity index is 714. The Hall–Kier alpha value is -2.70. The van der Waals surface area contributed by atoms with Crippen molar-refractivity contribution in [1.29, 1.82) is 0 Å². The third-order valence-electron chi connectivity index (χ3n) is 4.46. The lowest BCUT2D eigenvalue weighted by Gasteiger charge is -2.29. The number of nitrogens with one attached hydrogen (secondary N) is 2. The highest BCUT2D eigenvalue weighted by atomic mass is 16.5. The minimum absolute atomic E-state index is 0.353. The van der Waals surface area contributed by atoms with Crippen LogP contribution in [0.25, 0.3) is 0 Å². The van der Waals surface area contributed by atoms with Gasteiger partial charge in [-0.05, 0) is 19.4 Å². The fourth-order valence-electron chi connectivity index (χ4n) is 3.11. The largest absolute Gasteiger partial charge is 0.493 e. The van der Waals surface area contributed by atoms with Crippen molar-refractivity contribution in [2.24, 2.45) is 0 Å². The normalized spacial score (nSPS) is 16.4. The van der Waals surface area contributed by atoms with E-state index in [0.29, 0.717) is 34.9 Å². The summed E-state index contributed by atoms with van der Waals surface area (Å²) >= 11 is 0. The maximum Gasteiger partial charge on any atom is 0.338 e. The standard InChI is InChI=1S/C20H28N2O5/c1-5-6-7-8-12-27-19(23)16-13(2)21-20(24)22-17(16)14-10-9-11-15(25-3)18(14)26-4/h9-11,17H,5-8,12H2,1-4H3,(H2,21,22,24). The smallest absolute Gasteiger partial charge is 0.338 e. The Morgan fingerprint density at radius 1 is 1.15 bits per heavy atom. The molecule has 1 aromatic rings. The molecule has 1 aliphatic rings. The van der Waals surface area contributed by atoms with Gasteiger partial charge in [0, 0.05) is 11.3 Å². The van der Waals surface area contributed by atoms with Gasteiger partial charge in [0.05, 0.1) is 32.4 Å². The van der Waals surface area contributed by atoms with Crippen molar-refractivity contribution >= 4 is 12.0 Å². The maximum absolute atomic E-state index is 12.7. The summed E-state index contributed by atoms with van der Waals surface area (Å²) in [4.78, 5) is 24.8. The molecule has 1 heterocycles. The molecule has 2 N–H and O–H groups in total. The molecule has 1 aliphatic heterocycles. The molecule has 0 spiro atoms. The molecular formula is C20H28N2O5. The summed E-state index contributed by atoms with van der Waals surface area (Å²) in [7, 11) is 3.06. The summed E-state index contributed by atoms with van der Waals surface area (Å²) in [5.41, 5.74) is 1.45. The minimum atomic E-state index is -0.688. The summed E-state index contributed by atoms with van der Waals surface area (Å²) in [5, 5.41) is 5.43. The molecule has 0 aromatic heterocycles. The van der Waals surface area contributed by atoms with Crippen LogP contribution < -0.4 is 20.1 Å². The molecule has 1 unspecified atom stereocenters. The van der Waals surface area contributed by atoms with Gasteiger partial charge in [0.15, 0.2) is 11.5 Å². The fourth-order valence-corrected chi connectivity index (χ4v) is 3.11. The monoisotopic (exact) mass is 376 g/mol. The first-order valence-corrected chi connectivity index (χ1v) is 9.19. The Kier molecular flexibility index (Phi) is 7.52. The molecular weight excluding hydrogens is 348 g/mol. The molecule has 0 fully saturated rings. The van der Waals surface area contributed by atoms with Gasteiger partial charge in [0.25, 0.3) is 0 Å². The summed E-state index contributed by atoms with van der Waals surface area (Å²) < 4.78 is 16.3. The zero-order chi connectivity index (χ0) is 19.8. The maximum atomic E-state index is 12.7. The van der Waals surface area contributed by atoms with Crippen molar-refractivity contribution in [2.75, 3.05) is 20.8 Å². The topological polar surface area (TPSA) is 85.9 Å². The van der Waals surface area contributed by atoms with E-state index in [1.54, 1.807) is 25.1 Å². The van der Waals surface area contributed by atoms with E-state index in [2.05, 4.69) is 17.6 Å². The van der Waals surface area contributed by atoms with E-state index < -0.39 is 12.0 Å². The summed E-state index contributed by atoms with van der Waals surface area (Å²) in [5.74, 6) is 0.535. The number of esters is 1. The van der Waals surface area contributed by atoms with E-state index in [0.717, 1.165) is 25.7 Å². The molecule has 0 saturated carbocycles. The van der Waals surface area contributed by atoms with Crippen molar-refractivity contribution in [3.8, 4) is 11.5 Å². The van der Waals surface area contributed by atoms with Crippen LogP contribution in [-0.4, -0.2) is 32.8 Å². The third-order valence-corrected chi connectivity index (χ3v) is 4.46. The van der Waals surface area contributed by atoms with Gasteiger partial charge in [-0.1, -0.05) is 38.3 Å². The molecule has 148 valence electrons. The molecule has 2 rings (SSSR count). The Morgan fingerprint density at radius 3 is 2.59 bits per heavy atom. The summed E-state index contributed by atoms with van der Waals surface area (Å²) in [6, 6.07) is 4.26. The van der Waals surface area contributed by atoms with Crippen LogP contribution in [0.4, 0.5) is 4.79 Å². The number of carbonyl (C=O) groups excluding carboxylic acids is 2. The predicted molar refractivity (Wildman–Crippen MR) is 102 cm³/mol. The zero-order valence-corrected chi connectivity index (χ0v) is 16.4. The quantitative estimate of drug-likeness (QED) is 0.509. The second-order valence-corrected chi connectivity index (χ2v) is 6.35. The van der Waals surface area contributed by atoms with Gasteiger partial charge in [-0.15, -0.1) is 0 Å². The zero-order valence-electron chi connectivity index (χ0n) is 16.4. The molecule has 2 amide bonds. The number of hydrogen-bond donors (Lipinski definition) is 2. The van der Waals surface area contributed by atoms with Gasteiger partial charge in [-0.3, -0.25) is 0 Å². The van der Waals surface area contributed by atoms with Crippen LogP contribution in [0.3, 0.4) is 0 Å². The SMILES string of the molecule is CCCCCCOC(=O)C1=C(C)NC(=O)NC1c1cccc(OC)c1OC. The van der Waals surface area contributed by atoms with Crippen molar-refractivity contribution in [3.63, 3.8) is 0 Å². The van der Waals surface area contributed by atoms with Gasteiger partial charge in [0.1, 0.15) is 0 Å². The van der Waals surface area contributed by atoms with Crippen molar-refractivity contribution in [1.82, 2.24) is 10.6 Å².